The Kier molecular flexibility index (Phi) is 4.49. The van der Waals surface area contributed by atoms with Crippen molar-refractivity contribution in [2.24, 2.45) is 0 Å². The lowest BCUT2D eigenvalue weighted by atomic mass is 10.2. The van der Waals surface area contributed by atoms with Gasteiger partial charge in [-0.2, -0.15) is 5.26 Å². The zero-order chi connectivity index (χ0) is 12.9. The lowest BCUT2D eigenvalue weighted by Gasteiger charge is -2.10. The molecular formula is C11H14N2O3S. The summed E-state index contributed by atoms with van der Waals surface area (Å²) < 4.78 is 31.2. The Labute approximate surface area is 101 Å². The Morgan fingerprint density at radius 3 is 2.76 bits per heavy atom. The van der Waals surface area contributed by atoms with Gasteiger partial charge in [-0.15, -0.1) is 0 Å². The Morgan fingerprint density at radius 1 is 1.47 bits per heavy atom. The maximum atomic E-state index is 11.9. The predicted molar refractivity (Wildman–Crippen MR) is 63.1 cm³/mol. The van der Waals surface area contributed by atoms with Gasteiger partial charge in [-0.25, -0.2) is 13.1 Å². The van der Waals surface area contributed by atoms with Crippen LogP contribution in [0.15, 0.2) is 23.1 Å². The van der Waals surface area contributed by atoms with Crippen molar-refractivity contribution >= 4 is 10.0 Å². The lowest BCUT2D eigenvalue weighted by molar-refractivity contribution is 0.402. The van der Waals surface area contributed by atoms with E-state index in [4.69, 9.17) is 10.00 Å². The Morgan fingerprint density at radius 2 is 2.18 bits per heavy atom. The van der Waals surface area contributed by atoms with Crippen molar-refractivity contribution in [1.29, 1.82) is 5.26 Å². The molecular weight excluding hydrogens is 240 g/mol. The molecule has 6 heteroatoms. The summed E-state index contributed by atoms with van der Waals surface area (Å²) in [6, 6.07) is 6.79. The van der Waals surface area contributed by atoms with Crippen molar-refractivity contribution in [3.63, 3.8) is 0 Å². The molecule has 1 N–H and O–H groups in total. The number of methoxy groups -OCH3 is 1. The van der Waals surface area contributed by atoms with Crippen molar-refractivity contribution in [3.05, 3.63) is 23.8 Å². The third kappa shape index (κ3) is 3.44. The van der Waals surface area contributed by atoms with Gasteiger partial charge in [-0.05, 0) is 24.6 Å². The monoisotopic (exact) mass is 254 g/mol. The molecule has 5 nitrogen and oxygen atoms in total. The highest BCUT2D eigenvalue weighted by molar-refractivity contribution is 7.89. The summed E-state index contributed by atoms with van der Waals surface area (Å²) >= 11 is 0. The molecule has 0 unspecified atom stereocenters. The third-order valence-corrected chi connectivity index (χ3v) is 3.62. The number of ether oxygens (including phenoxy) is 1. The fourth-order valence-corrected chi connectivity index (χ4v) is 2.60. The second-order valence-corrected chi connectivity index (χ2v) is 5.20. The summed E-state index contributed by atoms with van der Waals surface area (Å²) in [5, 5.41) is 8.37. The average molecular weight is 254 g/mol. The molecule has 0 spiro atoms. The smallest absolute Gasteiger partial charge is 0.244 e. The van der Waals surface area contributed by atoms with Crippen LogP contribution in [0.5, 0.6) is 5.75 Å². The number of hydrogen-bond acceptors (Lipinski definition) is 4. The zero-order valence-corrected chi connectivity index (χ0v) is 10.5. The quantitative estimate of drug-likeness (QED) is 0.801. The normalized spacial score (nSPS) is 10.9. The average Bonchev–Trinajstić information content (AvgIpc) is 2.29. The van der Waals surface area contributed by atoms with Crippen molar-refractivity contribution in [2.45, 2.75) is 18.2 Å². The van der Waals surface area contributed by atoms with Crippen LogP contribution in [-0.2, 0) is 10.0 Å². The number of nitriles is 1. The molecule has 0 aromatic heterocycles. The number of nitrogens with zero attached hydrogens (tertiary/aromatic N) is 1. The molecule has 0 heterocycles. The summed E-state index contributed by atoms with van der Waals surface area (Å²) in [5.41, 5.74) is 0.825. The minimum atomic E-state index is -3.62. The number of hydrogen-bond donors (Lipinski definition) is 1. The Bertz CT molecular complexity index is 532. The fraction of sp³-hybridized carbons (Fsp3) is 0.364. The minimum Gasteiger partial charge on any atom is -0.495 e. The first-order valence-electron chi connectivity index (χ1n) is 5.02. The van der Waals surface area contributed by atoms with Gasteiger partial charge in [0.1, 0.15) is 10.6 Å². The van der Waals surface area contributed by atoms with Crippen molar-refractivity contribution in [2.75, 3.05) is 13.7 Å². The van der Waals surface area contributed by atoms with E-state index in [0.29, 0.717) is 5.75 Å². The van der Waals surface area contributed by atoms with Crippen LogP contribution in [0.2, 0.25) is 0 Å². The van der Waals surface area contributed by atoms with E-state index >= 15 is 0 Å². The highest BCUT2D eigenvalue weighted by Gasteiger charge is 2.18. The van der Waals surface area contributed by atoms with E-state index in [0.717, 1.165) is 5.56 Å². The van der Waals surface area contributed by atoms with E-state index in [1.165, 1.54) is 13.2 Å². The van der Waals surface area contributed by atoms with Crippen molar-refractivity contribution in [3.8, 4) is 11.8 Å². The summed E-state index contributed by atoms with van der Waals surface area (Å²) in [7, 11) is -2.21. The Hall–Kier alpha value is -1.58. The second-order valence-electron chi connectivity index (χ2n) is 3.46. The van der Waals surface area contributed by atoms with Crippen LogP contribution in [0.3, 0.4) is 0 Å². The van der Waals surface area contributed by atoms with Gasteiger partial charge < -0.3 is 4.74 Å². The molecule has 1 rings (SSSR count). The van der Waals surface area contributed by atoms with Gasteiger partial charge >= 0.3 is 0 Å². The van der Waals surface area contributed by atoms with E-state index in [1.54, 1.807) is 19.1 Å². The van der Waals surface area contributed by atoms with Gasteiger partial charge in [0.05, 0.1) is 13.2 Å². The number of aryl methyl sites for hydroxylation is 1. The maximum absolute atomic E-state index is 11.9. The molecule has 0 saturated heterocycles. The first kappa shape index (κ1) is 13.5. The first-order chi connectivity index (χ1) is 8.01. The summed E-state index contributed by atoms with van der Waals surface area (Å²) in [6.45, 7) is 1.89. The molecule has 0 saturated carbocycles. The first-order valence-corrected chi connectivity index (χ1v) is 6.51. The Balaban J connectivity index is 3.05. The molecule has 0 aliphatic heterocycles. The minimum absolute atomic E-state index is 0.0932. The predicted octanol–water partition coefficient (Wildman–Crippen LogP) is 1.20. The largest absolute Gasteiger partial charge is 0.495 e. The van der Waals surface area contributed by atoms with E-state index in [1.807, 2.05) is 6.07 Å². The van der Waals surface area contributed by atoms with Crippen LogP contribution in [-0.4, -0.2) is 22.1 Å². The highest BCUT2D eigenvalue weighted by Crippen LogP contribution is 2.24. The molecule has 1 aromatic carbocycles. The molecule has 0 aliphatic rings. The fourth-order valence-electron chi connectivity index (χ4n) is 1.31. The van der Waals surface area contributed by atoms with Gasteiger partial charge in [0.15, 0.2) is 0 Å². The van der Waals surface area contributed by atoms with Crippen LogP contribution < -0.4 is 9.46 Å². The van der Waals surface area contributed by atoms with Gasteiger partial charge in [0.2, 0.25) is 10.0 Å². The van der Waals surface area contributed by atoms with Crippen LogP contribution in [0.4, 0.5) is 0 Å². The van der Waals surface area contributed by atoms with Gasteiger partial charge in [0, 0.05) is 13.0 Å². The van der Waals surface area contributed by atoms with Crippen LogP contribution in [0, 0.1) is 18.3 Å². The van der Waals surface area contributed by atoms with Crippen LogP contribution in [0.1, 0.15) is 12.0 Å². The maximum Gasteiger partial charge on any atom is 0.244 e. The number of benzene rings is 1. The number of nitrogens with one attached hydrogen (secondary N) is 1. The summed E-state index contributed by atoms with van der Waals surface area (Å²) in [4.78, 5) is 0.0953. The molecule has 0 aliphatic carbocycles. The number of sulfonamides is 1. The van der Waals surface area contributed by atoms with Crippen LogP contribution >= 0.6 is 0 Å². The zero-order valence-electron chi connectivity index (χ0n) is 9.73. The number of rotatable bonds is 5. The van der Waals surface area contributed by atoms with Crippen molar-refractivity contribution in [1.82, 2.24) is 4.72 Å². The SMILES string of the molecule is COc1ccc(C)cc1S(=O)(=O)NCCC#N. The molecule has 0 bridgehead atoms. The second kappa shape index (κ2) is 5.66. The van der Waals surface area contributed by atoms with E-state index in [2.05, 4.69) is 4.72 Å². The molecule has 0 radical (unpaired) electrons. The van der Waals surface area contributed by atoms with E-state index in [-0.39, 0.29) is 17.9 Å². The molecule has 92 valence electrons. The molecule has 1 aromatic rings. The van der Waals surface area contributed by atoms with Gasteiger partial charge in [0.25, 0.3) is 0 Å². The lowest BCUT2D eigenvalue weighted by Crippen LogP contribution is -2.25. The highest BCUT2D eigenvalue weighted by atomic mass is 32.2. The third-order valence-electron chi connectivity index (χ3n) is 2.14. The molecule has 0 amide bonds. The summed E-state index contributed by atoms with van der Waals surface area (Å²) in [6.07, 6.45) is 0.132. The van der Waals surface area contributed by atoms with E-state index < -0.39 is 10.0 Å². The molecule has 17 heavy (non-hydrogen) atoms. The van der Waals surface area contributed by atoms with Gasteiger partial charge in [-0.1, -0.05) is 6.07 Å². The van der Waals surface area contributed by atoms with Gasteiger partial charge in [-0.3, -0.25) is 0 Å². The van der Waals surface area contributed by atoms with Crippen molar-refractivity contribution < 1.29 is 13.2 Å². The molecule has 0 fully saturated rings. The van der Waals surface area contributed by atoms with Crippen LogP contribution in [0.25, 0.3) is 0 Å². The topological polar surface area (TPSA) is 79.2 Å². The molecule has 0 atom stereocenters. The standard InChI is InChI=1S/C11H14N2O3S/c1-9-4-5-10(16-2)11(8-9)17(14,15)13-7-3-6-12/h4-5,8,13H,3,7H2,1-2H3. The summed E-state index contributed by atoms with van der Waals surface area (Å²) in [5.74, 6) is 0.292. The van der Waals surface area contributed by atoms with E-state index in [9.17, 15) is 8.42 Å².